The van der Waals surface area contributed by atoms with Gasteiger partial charge in [0.25, 0.3) is 0 Å². The van der Waals surface area contributed by atoms with Gasteiger partial charge in [0.05, 0.1) is 13.1 Å². The molecule has 0 fully saturated rings. The Kier molecular flexibility index (Phi) is 7.63. The van der Waals surface area contributed by atoms with Gasteiger partial charge in [-0.3, -0.25) is 19.8 Å². The summed E-state index contributed by atoms with van der Waals surface area (Å²) in [5.41, 5.74) is 0.920. The molecule has 0 saturated heterocycles. The topological polar surface area (TPSA) is 98.7 Å². The lowest BCUT2D eigenvalue weighted by molar-refractivity contribution is -0.138. The quantitative estimate of drug-likeness (QED) is 0.660. The molecule has 1 aromatic rings. The summed E-state index contributed by atoms with van der Waals surface area (Å²) in [5, 5.41) is 13.5. The fourth-order valence-electron chi connectivity index (χ4n) is 1.91. The third-order valence-corrected chi connectivity index (χ3v) is 2.81. The van der Waals surface area contributed by atoms with Crippen LogP contribution in [0.4, 0.5) is 4.79 Å². The first-order valence-corrected chi connectivity index (χ1v) is 7.07. The van der Waals surface area contributed by atoms with Crippen LogP contribution in [-0.4, -0.2) is 47.5 Å². The van der Waals surface area contributed by atoms with Crippen LogP contribution in [0.15, 0.2) is 30.3 Å². The molecule has 0 aliphatic heterocycles. The summed E-state index contributed by atoms with van der Waals surface area (Å²) in [6.07, 6.45) is 0.723. The molecule has 0 radical (unpaired) electrons. The molecular weight excluding hydrogens is 286 g/mol. The molecule has 0 unspecified atom stereocenters. The van der Waals surface area contributed by atoms with Gasteiger partial charge in [0.2, 0.25) is 5.91 Å². The van der Waals surface area contributed by atoms with Gasteiger partial charge in [-0.25, -0.2) is 4.79 Å². The average molecular weight is 307 g/mol. The van der Waals surface area contributed by atoms with E-state index in [4.69, 9.17) is 5.11 Å². The van der Waals surface area contributed by atoms with Crippen LogP contribution in [0.25, 0.3) is 0 Å². The maximum Gasteiger partial charge on any atom is 0.321 e. The Morgan fingerprint density at radius 1 is 1.14 bits per heavy atom. The first-order valence-electron chi connectivity index (χ1n) is 7.07. The third kappa shape index (κ3) is 7.39. The zero-order valence-electron chi connectivity index (χ0n) is 12.5. The lowest BCUT2D eigenvalue weighted by atomic mass is 10.2. The van der Waals surface area contributed by atoms with E-state index in [1.165, 1.54) is 4.90 Å². The molecule has 0 aliphatic rings. The number of carboxylic acid groups (broad SMARTS) is 1. The molecule has 3 amide bonds. The molecule has 0 atom stereocenters. The summed E-state index contributed by atoms with van der Waals surface area (Å²) >= 11 is 0. The van der Waals surface area contributed by atoms with Crippen LogP contribution in [-0.2, 0) is 16.1 Å². The molecule has 22 heavy (non-hydrogen) atoms. The van der Waals surface area contributed by atoms with Crippen molar-refractivity contribution in [3.63, 3.8) is 0 Å². The van der Waals surface area contributed by atoms with Crippen molar-refractivity contribution in [2.45, 2.75) is 19.9 Å². The van der Waals surface area contributed by atoms with Gasteiger partial charge in [0.1, 0.15) is 0 Å². The Balaban J connectivity index is 2.36. The lowest BCUT2D eigenvalue weighted by Crippen LogP contribution is -2.45. The van der Waals surface area contributed by atoms with E-state index in [2.05, 4.69) is 10.6 Å². The molecule has 7 heteroatoms. The summed E-state index contributed by atoms with van der Waals surface area (Å²) < 4.78 is 0. The van der Waals surface area contributed by atoms with E-state index < -0.39 is 17.9 Å². The van der Waals surface area contributed by atoms with Gasteiger partial charge in [-0.2, -0.15) is 0 Å². The number of nitrogens with zero attached hydrogens (tertiary/aromatic N) is 1. The molecule has 0 spiro atoms. The van der Waals surface area contributed by atoms with Crippen LogP contribution in [0.1, 0.15) is 18.9 Å². The predicted octanol–water partition coefficient (Wildman–Crippen LogP) is 0.809. The number of benzene rings is 1. The van der Waals surface area contributed by atoms with Crippen molar-refractivity contribution in [2.24, 2.45) is 0 Å². The molecule has 1 rings (SSSR count). The van der Waals surface area contributed by atoms with Crippen LogP contribution in [0, 0.1) is 0 Å². The fraction of sp³-hybridized carbons (Fsp3) is 0.400. The molecule has 0 aliphatic carbocycles. The number of aliphatic carboxylic acids is 1. The fourth-order valence-corrected chi connectivity index (χ4v) is 1.91. The molecular formula is C15H21N3O4. The second-order valence-electron chi connectivity index (χ2n) is 4.82. The summed E-state index contributed by atoms with van der Waals surface area (Å²) in [4.78, 5) is 35.5. The number of amides is 3. The summed E-state index contributed by atoms with van der Waals surface area (Å²) in [7, 11) is 0. The summed E-state index contributed by atoms with van der Waals surface area (Å²) in [5.74, 6) is -1.53. The van der Waals surface area contributed by atoms with Crippen molar-refractivity contribution in [2.75, 3.05) is 19.6 Å². The van der Waals surface area contributed by atoms with Crippen molar-refractivity contribution in [3.05, 3.63) is 35.9 Å². The first kappa shape index (κ1) is 17.6. The van der Waals surface area contributed by atoms with E-state index in [1.54, 1.807) is 0 Å². The molecule has 0 aromatic heterocycles. The summed E-state index contributed by atoms with van der Waals surface area (Å²) in [6.45, 7) is 2.32. The molecule has 0 bridgehead atoms. The second kappa shape index (κ2) is 9.51. The number of imide groups is 1. The number of carbonyl (C=O) groups is 3. The number of carboxylic acids is 1. The van der Waals surface area contributed by atoms with Gasteiger partial charge >= 0.3 is 12.0 Å². The van der Waals surface area contributed by atoms with Crippen molar-refractivity contribution in [1.82, 2.24) is 15.5 Å². The van der Waals surface area contributed by atoms with Crippen molar-refractivity contribution in [3.8, 4) is 0 Å². The highest BCUT2D eigenvalue weighted by Gasteiger charge is 2.15. The van der Waals surface area contributed by atoms with Gasteiger partial charge in [-0.05, 0) is 18.5 Å². The van der Waals surface area contributed by atoms with Crippen LogP contribution >= 0.6 is 0 Å². The Morgan fingerprint density at radius 3 is 2.41 bits per heavy atom. The Labute approximate surface area is 129 Å². The highest BCUT2D eigenvalue weighted by Crippen LogP contribution is 1.97. The van der Waals surface area contributed by atoms with Gasteiger partial charge < -0.3 is 10.4 Å². The SMILES string of the molecule is CCCN(CC(=O)O)CC(=O)NC(=O)NCc1ccccc1. The molecule has 0 heterocycles. The lowest BCUT2D eigenvalue weighted by Gasteiger charge is -2.18. The second-order valence-corrected chi connectivity index (χ2v) is 4.82. The Bertz CT molecular complexity index is 505. The van der Waals surface area contributed by atoms with Crippen molar-refractivity contribution >= 4 is 17.9 Å². The first-order chi connectivity index (χ1) is 10.5. The van der Waals surface area contributed by atoms with Crippen molar-refractivity contribution in [1.29, 1.82) is 0 Å². The summed E-state index contributed by atoms with van der Waals surface area (Å²) in [6, 6.07) is 8.71. The maximum atomic E-state index is 11.7. The predicted molar refractivity (Wildman–Crippen MR) is 81.2 cm³/mol. The maximum absolute atomic E-state index is 11.7. The number of urea groups is 1. The minimum absolute atomic E-state index is 0.126. The normalized spacial score (nSPS) is 10.3. The van der Waals surface area contributed by atoms with Gasteiger partial charge in [-0.1, -0.05) is 37.3 Å². The molecule has 3 N–H and O–H groups in total. The molecule has 120 valence electrons. The third-order valence-electron chi connectivity index (χ3n) is 2.81. The van der Waals surface area contributed by atoms with Crippen LogP contribution in [0.3, 0.4) is 0 Å². The number of hydrogen-bond donors (Lipinski definition) is 3. The number of hydrogen-bond acceptors (Lipinski definition) is 4. The average Bonchev–Trinajstić information content (AvgIpc) is 2.45. The van der Waals surface area contributed by atoms with E-state index in [1.807, 2.05) is 37.3 Å². The zero-order valence-corrected chi connectivity index (χ0v) is 12.5. The minimum atomic E-state index is -1.00. The standard InChI is InChI=1S/C15H21N3O4/c1-2-8-18(11-14(20)21)10-13(19)17-15(22)16-9-12-6-4-3-5-7-12/h3-7H,2,8-11H2,1H3,(H,20,21)(H2,16,17,19,22). The van der Waals surface area contributed by atoms with Crippen LogP contribution < -0.4 is 10.6 Å². The van der Waals surface area contributed by atoms with E-state index in [-0.39, 0.29) is 13.1 Å². The van der Waals surface area contributed by atoms with Crippen LogP contribution in [0.5, 0.6) is 0 Å². The molecule has 7 nitrogen and oxygen atoms in total. The zero-order chi connectivity index (χ0) is 16.4. The number of rotatable bonds is 8. The largest absolute Gasteiger partial charge is 0.480 e. The van der Waals surface area contributed by atoms with Gasteiger partial charge in [0, 0.05) is 6.54 Å². The van der Waals surface area contributed by atoms with E-state index in [0.717, 1.165) is 12.0 Å². The minimum Gasteiger partial charge on any atom is -0.480 e. The van der Waals surface area contributed by atoms with Crippen molar-refractivity contribution < 1.29 is 19.5 Å². The number of nitrogens with one attached hydrogen (secondary N) is 2. The molecule has 1 aromatic carbocycles. The Hall–Kier alpha value is -2.41. The van der Waals surface area contributed by atoms with Crippen LogP contribution in [0.2, 0.25) is 0 Å². The van der Waals surface area contributed by atoms with E-state index in [9.17, 15) is 14.4 Å². The highest BCUT2D eigenvalue weighted by atomic mass is 16.4. The Morgan fingerprint density at radius 2 is 1.82 bits per heavy atom. The van der Waals surface area contributed by atoms with E-state index in [0.29, 0.717) is 13.1 Å². The molecule has 0 saturated carbocycles. The van der Waals surface area contributed by atoms with E-state index >= 15 is 0 Å². The highest BCUT2D eigenvalue weighted by molar-refractivity contribution is 5.95. The van der Waals surface area contributed by atoms with Gasteiger partial charge in [0.15, 0.2) is 0 Å². The smallest absolute Gasteiger partial charge is 0.321 e. The van der Waals surface area contributed by atoms with Gasteiger partial charge in [-0.15, -0.1) is 0 Å². The monoisotopic (exact) mass is 307 g/mol. The number of carbonyl (C=O) groups excluding carboxylic acids is 2.